The minimum absolute atomic E-state index is 0.100. The molecule has 4 aromatic carbocycles. The Labute approximate surface area is 209 Å². The van der Waals surface area contributed by atoms with Crippen LogP contribution in [0, 0.1) is 0 Å². The molecule has 0 aromatic heterocycles. The molecule has 2 aliphatic rings. The fourth-order valence-corrected chi connectivity index (χ4v) is 5.66. The van der Waals surface area contributed by atoms with Crippen molar-refractivity contribution in [2.75, 3.05) is 0 Å². The number of hydrogen-bond donors (Lipinski definition) is 0. The molecule has 37 heavy (non-hydrogen) atoms. The number of ether oxygens (including phenoxy) is 2. The van der Waals surface area contributed by atoms with Crippen molar-refractivity contribution < 1.29 is 40.4 Å². The molecule has 0 fully saturated rings. The maximum atomic E-state index is 13.0. The van der Waals surface area contributed by atoms with Crippen LogP contribution in [0.1, 0.15) is 22.3 Å². The highest BCUT2D eigenvalue weighted by Crippen LogP contribution is 2.67. The molecule has 0 aliphatic carbocycles. The van der Waals surface area contributed by atoms with Crippen molar-refractivity contribution in [3.8, 4) is 23.0 Å². The molecule has 188 valence electrons. The van der Waals surface area contributed by atoms with E-state index in [2.05, 4.69) is 4.18 Å². The molecule has 2 aliphatic heterocycles. The standard InChI is InChI=1S/C27H17F3O6S/c28-27(29,30)37(32,33)36-20-12-14-22-24(16-20)35-26(18-9-5-2-6-10-18)25(22,17-7-3-1-4-8-17)21-13-11-19(31)15-23(21)34-26/h1-16,31H/p+1. The summed E-state index contributed by atoms with van der Waals surface area (Å²) >= 11 is 0. The Balaban J connectivity index is 1.65. The van der Waals surface area contributed by atoms with E-state index < -0.39 is 32.6 Å². The summed E-state index contributed by atoms with van der Waals surface area (Å²) in [6.45, 7) is 0. The Kier molecular flexibility index (Phi) is 4.81. The molecular formula is C27H18F3O6S+. The zero-order valence-electron chi connectivity index (χ0n) is 18.8. The second kappa shape index (κ2) is 7.66. The van der Waals surface area contributed by atoms with Gasteiger partial charge in [-0.1, -0.05) is 66.7 Å². The van der Waals surface area contributed by atoms with Gasteiger partial charge >= 0.3 is 15.6 Å². The van der Waals surface area contributed by atoms with Gasteiger partial charge in [0, 0.05) is 28.8 Å². The van der Waals surface area contributed by atoms with Gasteiger partial charge in [0.2, 0.25) is 0 Å². The van der Waals surface area contributed by atoms with E-state index in [-0.39, 0.29) is 11.5 Å². The van der Waals surface area contributed by atoms with E-state index in [0.717, 1.165) is 17.7 Å². The van der Waals surface area contributed by atoms with E-state index in [1.54, 1.807) is 30.3 Å². The lowest BCUT2D eigenvalue weighted by Crippen LogP contribution is -2.50. The molecule has 2 atom stereocenters. The summed E-state index contributed by atoms with van der Waals surface area (Å²) in [6.07, 6.45) is 0. The molecule has 0 bridgehead atoms. The zero-order valence-corrected chi connectivity index (χ0v) is 19.6. The molecule has 2 heterocycles. The predicted octanol–water partition coefficient (Wildman–Crippen LogP) is 5.33. The van der Waals surface area contributed by atoms with E-state index in [9.17, 15) is 21.6 Å². The normalized spacial score (nSPS) is 21.8. The van der Waals surface area contributed by atoms with Crippen LogP contribution < -0.4 is 13.7 Å². The monoisotopic (exact) mass is 527 g/mol. The SMILES string of the molecule is O=S(=O)(Oc1ccc2c(c1)OC1(c3ccccc3)Oc3cc([OH2+])ccc3C21c1ccccc1)C(F)(F)F. The number of halogens is 3. The Morgan fingerprint density at radius 1 is 0.730 bits per heavy atom. The molecule has 0 radical (unpaired) electrons. The van der Waals surface area contributed by atoms with Crippen LogP contribution in [-0.4, -0.2) is 19.0 Å². The quantitative estimate of drug-likeness (QED) is 0.204. The Hall–Kier alpha value is -4.18. The Morgan fingerprint density at radius 3 is 1.86 bits per heavy atom. The van der Waals surface area contributed by atoms with Crippen molar-refractivity contribution in [3.63, 3.8) is 0 Å². The number of alkyl halides is 3. The smallest absolute Gasteiger partial charge is 0.534 e. The van der Waals surface area contributed by atoms with Crippen LogP contribution in [0.2, 0.25) is 0 Å². The van der Waals surface area contributed by atoms with Crippen molar-refractivity contribution >= 4 is 10.1 Å². The maximum absolute atomic E-state index is 13.0. The molecule has 6 rings (SSSR count). The van der Waals surface area contributed by atoms with E-state index in [0.29, 0.717) is 22.4 Å². The van der Waals surface area contributed by atoms with Crippen LogP contribution in [0.25, 0.3) is 0 Å². The minimum Gasteiger partial charge on any atom is -0.593 e. The van der Waals surface area contributed by atoms with Gasteiger partial charge in [0.1, 0.15) is 22.7 Å². The van der Waals surface area contributed by atoms with Crippen molar-refractivity contribution in [2.45, 2.75) is 16.7 Å². The van der Waals surface area contributed by atoms with Gasteiger partial charge in [-0.25, -0.2) is 0 Å². The summed E-state index contributed by atoms with van der Waals surface area (Å²) < 4.78 is 79.6. The van der Waals surface area contributed by atoms with E-state index in [4.69, 9.17) is 14.6 Å². The first-order chi connectivity index (χ1) is 17.6. The maximum Gasteiger partial charge on any atom is 0.534 e. The van der Waals surface area contributed by atoms with Gasteiger partial charge in [0.25, 0.3) is 11.5 Å². The predicted molar refractivity (Wildman–Crippen MR) is 127 cm³/mol. The van der Waals surface area contributed by atoms with E-state index in [1.165, 1.54) is 6.07 Å². The Bertz CT molecular complexity index is 1620. The lowest BCUT2D eigenvalue weighted by atomic mass is 9.64. The summed E-state index contributed by atoms with van der Waals surface area (Å²) in [5, 5.41) is 8.13. The Morgan fingerprint density at radius 2 is 1.27 bits per heavy atom. The first-order valence-electron chi connectivity index (χ1n) is 11.1. The third-order valence-electron chi connectivity index (χ3n) is 6.59. The second-order valence-electron chi connectivity index (χ2n) is 8.65. The van der Waals surface area contributed by atoms with Crippen LogP contribution in [0.5, 0.6) is 23.0 Å². The van der Waals surface area contributed by atoms with Crippen molar-refractivity contribution in [1.82, 2.24) is 0 Å². The van der Waals surface area contributed by atoms with Crippen LogP contribution in [0.4, 0.5) is 13.2 Å². The zero-order chi connectivity index (χ0) is 26.1. The van der Waals surface area contributed by atoms with Gasteiger partial charge in [-0.2, -0.15) is 21.6 Å². The highest BCUT2D eigenvalue weighted by Gasteiger charge is 2.70. The average molecular weight is 527 g/mol. The summed E-state index contributed by atoms with van der Waals surface area (Å²) in [5.41, 5.74) is -4.12. The molecule has 0 saturated heterocycles. The molecule has 0 amide bonds. The largest absolute Gasteiger partial charge is 0.593 e. The lowest BCUT2D eigenvalue weighted by Gasteiger charge is -2.38. The molecule has 2 unspecified atom stereocenters. The van der Waals surface area contributed by atoms with Crippen molar-refractivity contribution in [3.05, 3.63) is 119 Å². The summed E-state index contributed by atoms with van der Waals surface area (Å²) in [5.74, 6) is -1.35. The van der Waals surface area contributed by atoms with Crippen LogP contribution >= 0.6 is 0 Å². The topological polar surface area (TPSA) is 84.7 Å². The van der Waals surface area contributed by atoms with Crippen molar-refractivity contribution in [2.24, 2.45) is 0 Å². The van der Waals surface area contributed by atoms with Crippen molar-refractivity contribution in [1.29, 1.82) is 0 Å². The van der Waals surface area contributed by atoms with Gasteiger partial charge < -0.3 is 18.8 Å². The number of benzene rings is 4. The van der Waals surface area contributed by atoms with Crippen LogP contribution in [0.15, 0.2) is 97.1 Å². The van der Waals surface area contributed by atoms with Gasteiger partial charge in [-0.3, -0.25) is 0 Å². The van der Waals surface area contributed by atoms with Crippen LogP contribution in [-0.2, 0) is 21.3 Å². The number of fused-ring (bicyclic) bond motifs is 5. The molecule has 2 N–H and O–H groups in total. The molecule has 10 heteroatoms. The molecular weight excluding hydrogens is 509 g/mol. The van der Waals surface area contributed by atoms with Gasteiger partial charge in [0.05, 0.1) is 6.07 Å². The van der Waals surface area contributed by atoms with Crippen LogP contribution in [0.3, 0.4) is 0 Å². The third kappa shape index (κ3) is 3.15. The third-order valence-corrected chi connectivity index (χ3v) is 7.57. The number of hydrogen-bond acceptors (Lipinski definition) is 5. The van der Waals surface area contributed by atoms with Gasteiger partial charge in [-0.05, 0) is 17.7 Å². The van der Waals surface area contributed by atoms with E-state index >= 15 is 0 Å². The molecule has 0 saturated carbocycles. The first-order valence-corrected chi connectivity index (χ1v) is 12.5. The summed E-state index contributed by atoms with van der Waals surface area (Å²) in [4.78, 5) is 0. The molecule has 0 spiro atoms. The minimum atomic E-state index is -5.88. The average Bonchev–Trinajstić information content (AvgIpc) is 3.30. The fourth-order valence-electron chi connectivity index (χ4n) is 5.20. The second-order valence-corrected chi connectivity index (χ2v) is 10.2. The fraction of sp³-hybridized carbons (Fsp3) is 0.111. The highest BCUT2D eigenvalue weighted by molar-refractivity contribution is 7.88. The molecule has 6 nitrogen and oxygen atoms in total. The number of rotatable bonds is 4. The van der Waals surface area contributed by atoms with Gasteiger partial charge in [0.15, 0.2) is 0 Å². The first kappa shape index (κ1) is 23.2. The lowest BCUT2D eigenvalue weighted by molar-refractivity contribution is -0.119. The summed E-state index contributed by atoms with van der Waals surface area (Å²) in [7, 11) is -5.88. The van der Waals surface area contributed by atoms with Gasteiger partial charge in [-0.15, -0.1) is 0 Å². The highest BCUT2D eigenvalue weighted by atomic mass is 32.2. The molecule has 4 aromatic rings. The summed E-state index contributed by atoms with van der Waals surface area (Å²) in [6, 6.07) is 27.1. The van der Waals surface area contributed by atoms with E-state index in [1.807, 2.05) is 48.5 Å².